The predicted octanol–water partition coefficient (Wildman–Crippen LogP) is 3.07. The van der Waals surface area contributed by atoms with Gasteiger partial charge in [-0.05, 0) is 12.2 Å². The van der Waals surface area contributed by atoms with E-state index in [4.69, 9.17) is 28.9 Å². The fourth-order valence-electron chi connectivity index (χ4n) is 1.71. The summed E-state index contributed by atoms with van der Waals surface area (Å²) < 4.78 is 0. The number of benzene rings is 1. The van der Waals surface area contributed by atoms with E-state index in [1.165, 1.54) is 0 Å². The fourth-order valence-corrected chi connectivity index (χ4v) is 2.13. The zero-order valence-electron chi connectivity index (χ0n) is 8.94. The van der Waals surface area contributed by atoms with Crippen molar-refractivity contribution in [2.75, 3.05) is 0 Å². The van der Waals surface area contributed by atoms with Crippen LogP contribution >= 0.6 is 23.2 Å². The second kappa shape index (κ2) is 4.65. The summed E-state index contributed by atoms with van der Waals surface area (Å²) in [7, 11) is 0. The van der Waals surface area contributed by atoms with Gasteiger partial charge in [-0.15, -0.1) is 0 Å². The van der Waals surface area contributed by atoms with Gasteiger partial charge in [0.1, 0.15) is 5.00 Å². The van der Waals surface area contributed by atoms with Crippen LogP contribution < -0.4 is 5.73 Å². The molecule has 0 aliphatic heterocycles. The molecule has 0 saturated heterocycles. The Kier molecular flexibility index (Phi) is 3.38. The second-order valence-electron chi connectivity index (χ2n) is 3.92. The van der Waals surface area contributed by atoms with E-state index in [0.29, 0.717) is 10.6 Å². The Morgan fingerprint density at radius 1 is 1.29 bits per heavy atom. The lowest BCUT2D eigenvalue weighted by Crippen LogP contribution is -2.44. The molecule has 0 heterocycles. The molecule has 0 aromatic heterocycles. The number of rotatable bonds is 2. The molecule has 2 nitrogen and oxygen atoms in total. The van der Waals surface area contributed by atoms with Crippen molar-refractivity contribution >= 4 is 29.0 Å². The third kappa shape index (κ3) is 2.60. The Morgan fingerprint density at radius 2 is 1.94 bits per heavy atom. The summed E-state index contributed by atoms with van der Waals surface area (Å²) in [5, 5.41) is 0.473. The highest BCUT2D eigenvalue weighted by Gasteiger charge is 2.37. The van der Waals surface area contributed by atoms with Gasteiger partial charge in [-0.25, -0.2) is 0 Å². The first kappa shape index (κ1) is 12.4. The molecule has 17 heavy (non-hydrogen) atoms. The molecule has 0 saturated carbocycles. The van der Waals surface area contributed by atoms with E-state index < -0.39 is 10.9 Å². The van der Waals surface area contributed by atoms with E-state index in [1.807, 2.05) is 6.07 Å². The van der Waals surface area contributed by atoms with Crippen molar-refractivity contribution in [1.29, 1.82) is 0 Å². The van der Waals surface area contributed by atoms with E-state index in [-0.39, 0.29) is 5.78 Å². The average Bonchev–Trinajstić information content (AvgIpc) is 2.33. The monoisotopic (exact) mass is 267 g/mol. The fraction of sp³-hybridized carbons (Fsp3) is 0.154. The van der Waals surface area contributed by atoms with Crippen LogP contribution in [-0.4, -0.2) is 10.8 Å². The summed E-state index contributed by atoms with van der Waals surface area (Å²) in [5.74, 6) is -0.783. The smallest absolute Gasteiger partial charge is 0.173 e. The van der Waals surface area contributed by atoms with Gasteiger partial charge in [-0.2, -0.15) is 0 Å². The van der Waals surface area contributed by atoms with Crippen LogP contribution in [0.3, 0.4) is 0 Å². The first-order valence-corrected chi connectivity index (χ1v) is 5.90. The van der Waals surface area contributed by atoms with Crippen LogP contribution in [0.1, 0.15) is 10.4 Å². The average molecular weight is 268 g/mol. The Morgan fingerprint density at radius 3 is 2.59 bits per heavy atom. The number of carbonyl (C=O) groups excluding carboxylic acids is 1. The number of alkyl halides is 1. The topological polar surface area (TPSA) is 43.1 Å². The lowest BCUT2D eigenvalue weighted by molar-refractivity contribution is 0.0930. The van der Waals surface area contributed by atoms with Crippen molar-refractivity contribution in [2.24, 2.45) is 11.7 Å². The van der Waals surface area contributed by atoms with E-state index >= 15 is 0 Å². The third-order valence-corrected chi connectivity index (χ3v) is 3.25. The van der Waals surface area contributed by atoms with Crippen LogP contribution in [0.2, 0.25) is 0 Å². The van der Waals surface area contributed by atoms with Crippen LogP contribution in [0.4, 0.5) is 0 Å². The van der Waals surface area contributed by atoms with Gasteiger partial charge in [0, 0.05) is 10.6 Å². The van der Waals surface area contributed by atoms with Gasteiger partial charge in [0.25, 0.3) is 0 Å². The molecule has 0 amide bonds. The summed E-state index contributed by atoms with van der Waals surface area (Å²) in [6.07, 6.45) is 4.73. The summed E-state index contributed by atoms with van der Waals surface area (Å²) >= 11 is 12.0. The van der Waals surface area contributed by atoms with E-state index in [2.05, 4.69) is 0 Å². The van der Waals surface area contributed by atoms with Crippen molar-refractivity contribution < 1.29 is 4.79 Å². The van der Waals surface area contributed by atoms with Gasteiger partial charge < -0.3 is 5.73 Å². The highest BCUT2D eigenvalue weighted by Crippen LogP contribution is 2.32. The van der Waals surface area contributed by atoms with Crippen LogP contribution in [0.15, 0.2) is 53.6 Å². The standard InChI is InChI=1S/C13H11Cl2NO/c14-10-6-7-13(15,16)11(8-10)12(17)9-4-2-1-3-5-9/h1-8,11H,16H2/t11-,13-/m0/s1. The Hall–Kier alpha value is -1.09. The quantitative estimate of drug-likeness (QED) is 0.509. The van der Waals surface area contributed by atoms with Crippen LogP contribution in [0, 0.1) is 5.92 Å². The third-order valence-electron chi connectivity index (χ3n) is 2.64. The number of hydrogen-bond donors (Lipinski definition) is 1. The van der Waals surface area contributed by atoms with Gasteiger partial charge in [-0.3, -0.25) is 4.79 Å². The first-order valence-electron chi connectivity index (χ1n) is 5.14. The summed E-state index contributed by atoms with van der Waals surface area (Å²) in [5.41, 5.74) is 6.45. The Balaban J connectivity index is 2.34. The molecule has 0 unspecified atom stereocenters. The Labute approximate surface area is 110 Å². The van der Waals surface area contributed by atoms with Gasteiger partial charge in [0.2, 0.25) is 0 Å². The molecule has 1 aliphatic carbocycles. The molecule has 0 bridgehead atoms. The maximum absolute atomic E-state index is 12.3. The number of carbonyl (C=O) groups is 1. The molecule has 4 heteroatoms. The number of nitrogens with two attached hydrogens (primary N) is 1. The maximum Gasteiger partial charge on any atom is 0.173 e. The van der Waals surface area contributed by atoms with Gasteiger partial charge in [0.05, 0.1) is 5.92 Å². The molecular formula is C13H11Cl2NO. The molecule has 2 atom stereocenters. The number of allylic oxidation sites excluding steroid dienone is 2. The largest absolute Gasteiger partial charge is 0.309 e. The van der Waals surface area contributed by atoms with Crippen molar-refractivity contribution in [3.8, 4) is 0 Å². The minimum Gasteiger partial charge on any atom is -0.309 e. The summed E-state index contributed by atoms with van der Waals surface area (Å²) in [6, 6.07) is 8.90. The van der Waals surface area contributed by atoms with E-state index in [1.54, 1.807) is 42.5 Å². The molecule has 1 aromatic rings. The molecule has 2 N–H and O–H groups in total. The van der Waals surface area contributed by atoms with Crippen molar-refractivity contribution in [1.82, 2.24) is 0 Å². The number of halogens is 2. The molecule has 1 aliphatic rings. The number of hydrogen-bond acceptors (Lipinski definition) is 2. The second-order valence-corrected chi connectivity index (χ2v) is 5.01. The van der Waals surface area contributed by atoms with Crippen LogP contribution in [-0.2, 0) is 0 Å². The first-order chi connectivity index (χ1) is 8.00. The predicted molar refractivity (Wildman–Crippen MR) is 70.1 cm³/mol. The van der Waals surface area contributed by atoms with Gasteiger partial charge in [0.15, 0.2) is 5.78 Å². The van der Waals surface area contributed by atoms with Gasteiger partial charge >= 0.3 is 0 Å². The zero-order chi connectivity index (χ0) is 12.5. The normalized spacial score (nSPS) is 27.7. The molecule has 0 radical (unpaired) electrons. The summed E-state index contributed by atoms with van der Waals surface area (Å²) in [4.78, 5) is 11.0. The van der Waals surface area contributed by atoms with Crippen LogP contribution in [0.25, 0.3) is 0 Å². The molecule has 88 valence electrons. The highest BCUT2D eigenvalue weighted by atomic mass is 35.5. The minimum absolute atomic E-state index is 0.134. The number of ketones is 1. The van der Waals surface area contributed by atoms with Crippen LogP contribution in [0.5, 0.6) is 0 Å². The molecule has 2 rings (SSSR count). The zero-order valence-corrected chi connectivity index (χ0v) is 10.4. The SMILES string of the molecule is N[C@@]1(Cl)C=CC(Cl)=C[C@H]1C(=O)c1ccccc1. The van der Waals surface area contributed by atoms with Crippen molar-refractivity contribution in [2.45, 2.75) is 5.00 Å². The molecule has 0 fully saturated rings. The Bertz CT molecular complexity index is 491. The molecular weight excluding hydrogens is 257 g/mol. The number of Topliss-reactive ketones (excluding diaryl/α,β-unsaturated/α-hetero) is 1. The molecule has 1 aromatic carbocycles. The summed E-state index contributed by atoms with van der Waals surface area (Å²) in [6.45, 7) is 0. The van der Waals surface area contributed by atoms with Crippen molar-refractivity contribution in [3.05, 3.63) is 59.2 Å². The maximum atomic E-state index is 12.3. The van der Waals surface area contributed by atoms with E-state index in [0.717, 1.165) is 0 Å². The lowest BCUT2D eigenvalue weighted by atomic mass is 9.87. The van der Waals surface area contributed by atoms with Gasteiger partial charge in [-0.1, -0.05) is 59.6 Å². The minimum atomic E-state index is -1.22. The lowest BCUT2D eigenvalue weighted by Gasteiger charge is -2.28. The molecule has 0 spiro atoms. The van der Waals surface area contributed by atoms with Crippen molar-refractivity contribution in [3.63, 3.8) is 0 Å². The van der Waals surface area contributed by atoms with E-state index in [9.17, 15) is 4.79 Å². The highest BCUT2D eigenvalue weighted by molar-refractivity contribution is 6.33.